The third-order valence-electron chi connectivity index (χ3n) is 6.50. The summed E-state index contributed by atoms with van der Waals surface area (Å²) in [5, 5.41) is 33.0. The van der Waals surface area contributed by atoms with Gasteiger partial charge < -0.3 is 35.0 Å². The normalized spacial score (nSPS) is 19.2. The van der Waals surface area contributed by atoms with Gasteiger partial charge in [0.25, 0.3) is 0 Å². The number of unbranched alkanes of at least 4 members (excludes halogenated alkanes) is 3. The number of hydrogen-bond acceptors (Lipinski definition) is 7. The molecule has 1 aliphatic rings. The highest BCUT2D eigenvalue weighted by molar-refractivity contribution is 14.1. The Bertz CT molecular complexity index is 953. The third-order valence-corrected chi connectivity index (χ3v) is 7.30. The lowest BCUT2D eigenvalue weighted by Crippen LogP contribution is -2.55. The molecule has 0 bridgehead atoms. The number of hydrogen-bond donors (Lipinski definition) is 4. The largest absolute Gasteiger partial charge is 0.493 e. The van der Waals surface area contributed by atoms with Crippen molar-refractivity contribution in [2.24, 2.45) is 5.92 Å². The van der Waals surface area contributed by atoms with Crippen LogP contribution in [-0.4, -0.2) is 77.1 Å². The minimum Gasteiger partial charge on any atom is -0.493 e. The molecule has 1 aromatic rings. The van der Waals surface area contributed by atoms with E-state index in [1.807, 2.05) is 13.8 Å². The van der Waals surface area contributed by atoms with Crippen molar-refractivity contribution in [1.82, 2.24) is 10.2 Å². The average molecular weight is 647 g/mol. The minimum atomic E-state index is -1.09. The smallest absolute Gasteiger partial charge is 0.247 e. The summed E-state index contributed by atoms with van der Waals surface area (Å²) in [4.78, 5) is 28.1. The first-order valence-electron chi connectivity index (χ1n) is 13.4. The molecule has 0 fully saturated rings. The van der Waals surface area contributed by atoms with E-state index in [9.17, 15) is 24.9 Å². The molecule has 2 rings (SSSR count). The van der Waals surface area contributed by atoms with E-state index in [0.29, 0.717) is 39.2 Å². The van der Waals surface area contributed by atoms with Crippen LogP contribution in [0.4, 0.5) is 0 Å². The zero-order valence-corrected chi connectivity index (χ0v) is 25.1. The Kier molecular flexibility index (Phi) is 13.8. The third kappa shape index (κ3) is 9.10. The topological polar surface area (TPSA) is 129 Å². The fourth-order valence-electron chi connectivity index (χ4n) is 4.55. The van der Waals surface area contributed by atoms with E-state index in [2.05, 4.69) is 34.8 Å². The number of ether oxygens (including phenoxy) is 2. The average Bonchev–Trinajstić information content (AvgIpc) is 2.88. The van der Waals surface area contributed by atoms with Gasteiger partial charge >= 0.3 is 0 Å². The second-order valence-electron chi connectivity index (χ2n) is 10.0. The Morgan fingerprint density at radius 2 is 1.95 bits per heavy atom. The highest BCUT2D eigenvalue weighted by atomic mass is 127. The molecule has 214 valence electrons. The van der Waals surface area contributed by atoms with Crippen molar-refractivity contribution in [2.75, 3.05) is 26.8 Å². The molecule has 9 nitrogen and oxygen atoms in total. The summed E-state index contributed by atoms with van der Waals surface area (Å²) in [6, 6.07) is 2.76. The van der Waals surface area contributed by atoms with E-state index in [1.54, 1.807) is 23.1 Å². The number of nitrogens with one attached hydrogen (secondary N) is 1. The molecule has 38 heavy (non-hydrogen) atoms. The molecular formula is C28H43IN2O7. The van der Waals surface area contributed by atoms with E-state index in [1.165, 1.54) is 7.11 Å². The summed E-state index contributed by atoms with van der Waals surface area (Å²) in [7, 11) is 1.49. The lowest BCUT2D eigenvalue weighted by molar-refractivity contribution is -0.139. The van der Waals surface area contributed by atoms with Crippen LogP contribution in [0.3, 0.4) is 0 Å². The molecule has 1 aromatic carbocycles. The van der Waals surface area contributed by atoms with Crippen LogP contribution in [-0.2, 0) is 16.2 Å². The maximum atomic E-state index is 13.4. The van der Waals surface area contributed by atoms with Crippen molar-refractivity contribution in [3.8, 4) is 11.5 Å². The van der Waals surface area contributed by atoms with Gasteiger partial charge in [0.2, 0.25) is 11.8 Å². The minimum absolute atomic E-state index is 0.0595. The molecule has 0 saturated heterocycles. The molecule has 4 N–H and O–H groups in total. The fourth-order valence-corrected chi connectivity index (χ4v) is 5.34. The summed E-state index contributed by atoms with van der Waals surface area (Å²) >= 11 is 2.08. The molecule has 1 aliphatic carbocycles. The second-order valence-corrected chi connectivity index (χ2v) is 11.2. The van der Waals surface area contributed by atoms with Crippen LogP contribution in [0, 0.1) is 9.49 Å². The van der Waals surface area contributed by atoms with Crippen molar-refractivity contribution in [2.45, 2.75) is 84.2 Å². The summed E-state index contributed by atoms with van der Waals surface area (Å²) in [6.07, 6.45) is 3.97. The maximum Gasteiger partial charge on any atom is 0.247 e. The predicted octanol–water partition coefficient (Wildman–Crippen LogP) is 3.16. The Labute approximate surface area is 239 Å². The first kappa shape index (κ1) is 32.3. The number of aliphatic hydroxyl groups is 3. The van der Waals surface area contributed by atoms with Crippen LogP contribution < -0.4 is 14.8 Å². The van der Waals surface area contributed by atoms with Crippen LogP contribution in [0.5, 0.6) is 11.5 Å². The van der Waals surface area contributed by atoms with Crippen molar-refractivity contribution in [3.63, 3.8) is 0 Å². The van der Waals surface area contributed by atoms with Gasteiger partial charge in [-0.25, -0.2) is 0 Å². The van der Waals surface area contributed by atoms with Crippen LogP contribution in [0.2, 0.25) is 0 Å². The van der Waals surface area contributed by atoms with Gasteiger partial charge in [-0.05, 0) is 58.7 Å². The monoisotopic (exact) mass is 646 g/mol. The van der Waals surface area contributed by atoms with Gasteiger partial charge in [-0.3, -0.25) is 9.59 Å². The molecule has 2 amide bonds. The quantitative estimate of drug-likeness (QED) is 0.170. The molecule has 0 aromatic heterocycles. The molecule has 3 atom stereocenters. The van der Waals surface area contributed by atoms with E-state index >= 15 is 0 Å². The van der Waals surface area contributed by atoms with Crippen molar-refractivity contribution < 1.29 is 34.4 Å². The Hall–Kier alpha value is -1.89. The molecule has 0 spiro atoms. The van der Waals surface area contributed by atoms with Gasteiger partial charge in [0.05, 0.1) is 29.9 Å². The summed E-state index contributed by atoms with van der Waals surface area (Å²) in [5.41, 5.74) is 1.04. The lowest BCUT2D eigenvalue weighted by atomic mass is 9.87. The highest BCUT2D eigenvalue weighted by Gasteiger charge is 2.40. The Morgan fingerprint density at radius 3 is 2.55 bits per heavy atom. The Balaban J connectivity index is 2.47. The number of benzene rings is 1. The van der Waals surface area contributed by atoms with E-state index in [4.69, 9.17) is 9.47 Å². The van der Waals surface area contributed by atoms with Crippen LogP contribution in [0.15, 0.2) is 23.8 Å². The predicted molar refractivity (Wildman–Crippen MR) is 154 cm³/mol. The molecule has 0 unspecified atom stereocenters. The van der Waals surface area contributed by atoms with E-state index in [0.717, 1.165) is 25.7 Å². The number of carbonyl (C=O) groups is 2. The van der Waals surface area contributed by atoms with E-state index < -0.39 is 18.2 Å². The molecular weight excluding hydrogens is 603 g/mol. The van der Waals surface area contributed by atoms with Gasteiger partial charge in [-0.15, -0.1) is 0 Å². The van der Waals surface area contributed by atoms with Crippen molar-refractivity contribution >= 4 is 34.4 Å². The maximum absolute atomic E-state index is 13.4. The first-order chi connectivity index (χ1) is 18.2. The van der Waals surface area contributed by atoms with Crippen molar-refractivity contribution in [3.05, 3.63) is 32.9 Å². The fraction of sp³-hybridized carbons (Fsp3) is 0.643. The summed E-state index contributed by atoms with van der Waals surface area (Å²) in [6.45, 7) is 6.30. The first-order valence-corrected chi connectivity index (χ1v) is 14.5. The standard InChI is InChI=1S/C28H43IN2O7/c1-5-6-7-8-10-31(25(34)12-18(2)3)22-15-20(28(36)30-9-11-32)16-23(26(22)35)38-27-21(29)13-19(17-33)14-24(27)37-4/h13-14,16,18,22-23,26,32-33,35H,5-12,15,17H2,1-4H3,(H,30,36)/t22-,23+,26+/m1/s1. The number of amides is 2. The summed E-state index contributed by atoms with van der Waals surface area (Å²) in [5.74, 6) is 0.485. The van der Waals surface area contributed by atoms with Crippen LogP contribution in [0.1, 0.15) is 64.9 Å². The summed E-state index contributed by atoms with van der Waals surface area (Å²) < 4.78 is 12.4. The molecule has 10 heteroatoms. The van der Waals surface area contributed by atoms with Crippen LogP contribution in [0.25, 0.3) is 0 Å². The van der Waals surface area contributed by atoms with Crippen molar-refractivity contribution in [1.29, 1.82) is 0 Å². The van der Waals surface area contributed by atoms with Gasteiger partial charge in [0.15, 0.2) is 11.5 Å². The van der Waals surface area contributed by atoms with Gasteiger partial charge in [-0.2, -0.15) is 0 Å². The number of rotatable bonds is 15. The lowest BCUT2D eigenvalue weighted by Gasteiger charge is -2.41. The zero-order chi connectivity index (χ0) is 28.2. The molecule has 0 radical (unpaired) electrons. The van der Waals surface area contributed by atoms with E-state index in [-0.39, 0.29) is 43.9 Å². The Morgan fingerprint density at radius 1 is 1.21 bits per heavy atom. The molecule has 0 heterocycles. The second kappa shape index (κ2) is 16.3. The number of nitrogens with zero attached hydrogens (tertiary/aromatic N) is 1. The highest BCUT2D eigenvalue weighted by Crippen LogP contribution is 2.37. The van der Waals surface area contributed by atoms with Gasteiger partial charge in [0, 0.05) is 31.5 Å². The number of halogens is 1. The molecule has 0 saturated carbocycles. The van der Waals surface area contributed by atoms with Gasteiger partial charge in [0.1, 0.15) is 12.2 Å². The van der Waals surface area contributed by atoms with Crippen LogP contribution >= 0.6 is 22.6 Å². The zero-order valence-electron chi connectivity index (χ0n) is 22.9. The number of aliphatic hydroxyl groups excluding tert-OH is 3. The SMILES string of the molecule is CCCCCCN(C(=O)CC(C)C)[C@@H]1CC(C(=O)NCCO)=C[C@H](Oc2c(I)cc(CO)cc2OC)[C@H]1O. The molecule has 0 aliphatic heterocycles. The number of carbonyl (C=O) groups excluding carboxylic acids is 2. The van der Waals surface area contributed by atoms with Gasteiger partial charge in [-0.1, -0.05) is 40.0 Å². The number of methoxy groups -OCH3 is 1.